The highest BCUT2D eigenvalue weighted by Crippen LogP contribution is 2.40. The van der Waals surface area contributed by atoms with Crippen molar-refractivity contribution >= 4 is 33.0 Å². The van der Waals surface area contributed by atoms with Crippen molar-refractivity contribution < 1.29 is 21.6 Å². The normalized spacial score (nSPS) is 14.4. The number of nitrogens with two attached hydrogens (primary N) is 2. The fourth-order valence-corrected chi connectivity index (χ4v) is 4.18. The number of nitrogens with zero attached hydrogens (tertiary/aromatic N) is 5. The van der Waals surface area contributed by atoms with Crippen LogP contribution in [0.15, 0.2) is 22.4 Å². The van der Waals surface area contributed by atoms with Gasteiger partial charge in [0.1, 0.15) is 5.69 Å². The van der Waals surface area contributed by atoms with Gasteiger partial charge in [0.2, 0.25) is 5.95 Å². The van der Waals surface area contributed by atoms with Gasteiger partial charge in [-0.3, -0.25) is 4.72 Å². The van der Waals surface area contributed by atoms with E-state index in [1.54, 1.807) is 9.29 Å². The molecule has 2 aromatic rings. The molecular formula is C18H25F3N8O2S. The van der Waals surface area contributed by atoms with E-state index in [9.17, 15) is 21.6 Å². The number of sulfonamides is 1. The number of alkyl halides is 3. The molecule has 3 rings (SSSR count). The van der Waals surface area contributed by atoms with Crippen molar-refractivity contribution in [2.45, 2.75) is 45.4 Å². The molecule has 0 atom stereocenters. The number of azo groups is 1. The SMILES string of the molecule is CCN1CCc2cc(N=Nc3nc(CN)c(CN)n3CC)c(NS(=O)(=O)C(F)(F)F)cc21. The van der Waals surface area contributed by atoms with E-state index in [1.807, 2.05) is 18.7 Å². The van der Waals surface area contributed by atoms with Gasteiger partial charge in [0.05, 0.1) is 17.1 Å². The Kier molecular flexibility index (Phi) is 6.76. The Morgan fingerprint density at radius 3 is 2.44 bits per heavy atom. The minimum absolute atomic E-state index is 0.0521. The fraction of sp³-hybridized carbons (Fsp3) is 0.500. The number of fused-ring (bicyclic) bond motifs is 1. The first-order valence-electron chi connectivity index (χ1n) is 9.97. The molecule has 1 aliphatic heterocycles. The van der Waals surface area contributed by atoms with Gasteiger partial charge in [0.25, 0.3) is 0 Å². The maximum Gasteiger partial charge on any atom is 0.516 e. The van der Waals surface area contributed by atoms with Crippen LogP contribution < -0.4 is 21.1 Å². The van der Waals surface area contributed by atoms with Gasteiger partial charge in [-0.2, -0.15) is 21.6 Å². The number of likely N-dealkylation sites (N-methyl/N-ethyl adjacent to an activating group) is 1. The summed E-state index contributed by atoms with van der Waals surface area (Å²) in [6.07, 6.45) is 0.649. The standard InChI is InChI=1S/C18H25F3N8O2S/c1-3-28-6-5-11-7-12(13(8-15(11)28)27-32(30,31)18(19,20)21)25-26-17-24-14(9-22)16(10-23)29(17)4-2/h7-8,27H,3-6,9-10,22-23H2,1-2H3. The number of imidazole rings is 1. The lowest BCUT2D eigenvalue weighted by Gasteiger charge is -2.19. The van der Waals surface area contributed by atoms with Crippen LogP contribution in [0.3, 0.4) is 0 Å². The zero-order chi connectivity index (χ0) is 23.7. The molecule has 0 saturated carbocycles. The van der Waals surface area contributed by atoms with Crippen LogP contribution >= 0.6 is 0 Å². The minimum atomic E-state index is -5.65. The van der Waals surface area contributed by atoms with Crippen LogP contribution in [-0.4, -0.2) is 36.6 Å². The Labute approximate surface area is 183 Å². The molecule has 0 unspecified atom stereocenters. The van der Waals surface area contributed by atoms with Gasteiger partial charge in [-0.1, -0.05) is 0 Å². The van der Waals surface area contributed by atoms with E-state index in [1.165, 1.54) is 12.1 Å². The first-order chi connectivity index (χ1) is 15.1. The average Bonchev–Trinajstić information content (AvgIpc) is 3.30. The van der Waals surface area contributed by atoms with Gasteiger partial charge in [-0.05, 0) is 38.0 Å². The smallest absolute Gasteiger partial charge is 0.371 e. The van der Waals surface area contributed by atoms with Gasteiger partial charge in [-0.15, -0.1) is 10.2 Å². The number of rotatable bonds is 8. The molecule has 0 amide bonds. The predicted octanol–water partition coefficient (Wildman–Crippen LogP) is 2.88. The summed E-state index contributed by atoms with van der Waals surface area (Å²) in [5.41, 5.74) is 8.31. The number of anilines is 2. The van der Waals surface area contributed by atoms with E-state index < -0.39 is 15.5 Å². The number of nitrogens with one attached hydrogen (secondary N) is 1. The summed E-state index contributed by atoms with van der Waals surface area (Å²) in [6.45, 7) is 5.80. The van der Waals surface area contributed by atoms with Crippen LogP contribution in [0, 0.1) is 0 Å². The molecule has 0 radical (unpaired) electrons. The molecule has 1 aliphatic rings. The number of aromatic nitrogens is 2. The molecule has 14 heteroatoms. The van der Waals surface area contributed by atoms with Gasteiger partial charge in [0.15, 0.2) is 0 Å². The van der Waals surface area contributed by atoms with Crippen LogP contribution in [0.1, 0.15) is 30.8 Å². The highest BCUT2D eigenvalue weighted by atomic mass is 32.2. The van der Waals surface area contributed by atoms with Gasteiger partial charge in [-0.25, -0.2) is 4.98 Å². The molecule has 0 fully saturated rings. The van der Waals surface area contributed by atoms with Crippen LogP contribution in [-0.2, 0) is 36.1 Å². The quantitative estimate of drug-likeness (QED) is 0.502. The molecular weight excluding hydrogens is 449 g/mol. The first kappa shape index (κ1) is 23.9. The molecule has 5 N–H and O–H groups in total. The Bertz CT molecular complexity index is 1130. The monoisotopic (exact) mass is 474 g/mol. The molecule has 32 heavy (non-hydrogen) atoms. The van der Waals surface area contributed by atoms with Gasteiger partial charge >= 0.3 is 15.5 Å². The third-order valence-electron chi connectivity index (χ3n) is 5.20. The lowest BCUT2D eigenvalue weighted by Crippen LogP contribution is -2.30. The summed E-state index contributed by atoms with van der Waals surface area (Å²) in [5.74, 6) is 0.175. The van der Waals surface area contributed by atoms with Crippen LogP contribution in [0.2, 0.25) is 0 Å². The highest BCUT2D eigenvalue weighted by Gasteiger charge is 2.46. The molecule has 2 heterocycles. The zero-order valence-corrected chi connectivity index (χ0v) is 18.5. The van der Waals surface area contributed by atoms with E-state index in [-0.39, 0.29) is 30.4 Å². The molecule has 0 aliphatic carbocycles. The maximum absolute atomic E-state index is 13.0. The van der Waals surface area contributed by atoms with Gasteiger partial charge in [0, 0.05) is 38.4 Å². The van der Waals surface area contributed by atoms with E-state index in [4.69, 9.17) is 11.5 Å². The van der Waals surface area contributed by atoms with Crippen LogP contribution in [0.25, 0.3) is 0 Å². The van der Waals surface area contributed by atoms with Crippen molar-refractivity contribution in [1.29, 1.82) is 0 Å². The van der Waals surface area contributed by atoms with E-state index in [2.05, 4.69) is 15.2 Å². The molecule has 0 saturated heterocycles. The molecule has 1 aromatic heterocycles. The second-order valence-electron chi connectivity index (χ2n) is 7.04. The molecule has 10 nitrogen and oxygen atoms in total. The Morgan fingerprint density at radius 1 is 1.16 bits per heavy atom. The average molecular weight is 475 g/mol. The van der Waals surface area contributed by atoms with E-state index >= 15 is 0 Å². The number of benzene rings is 1. The number of hydrogen-bond donors (Lipinski definition) is 3. The summed E-state index contributed by atoms with van der Waals surface area (Å²) < 4.78 is 65.8. The second kappa shape index (κ2) is 9.03. The zero-order valence-electron chi connectivity index (χ0n) is 17.6. The number of halogens is 3. The van der Waals surface area contributed by atoms with Crippen molar-refractivity contribution in [2.24, 2.45) is 21.7 Å². The third-order valence-corrected chi connectivity index (χ3v) is 6.30. The Morgan fingerprint density at radius 2 is 1.88 bits per heavy atom. The van der Waals surface area contributed by atoms with Crippen molar-refractivity contribution in [3.05, 3.63) is 29.1 Å². The minimum Gasteiger partial charge on any atom is -0.371 e. The summed E-state index contributed by atoms with van der Waals surface area (Å²) in [5, 5.41) is 8.13. The Hall–Kier alpha value is -2.71. The second-order valence-corrected chi connectivity index (χ2v) is 8.71. The topological polar surface area (TPSA) is 144 Å². The van der Waals surface area contributed by atoms with Gasteiger partial charge < -0.3 is 20.9 Å². The summed E-state index contributed by atoms with van der Waals surface area (Å²) in [7, 11) is -5.65. The molecule has 1 aromatic carbocycles. The van der Waals surface area contributed by atoms with E-state index in [0.717, 1.165) is 5.56 Å². The van der Waals surface area contributed by atoms with Crippen molar-refractivity contribution in [2.75, 3.05) is 22.7 Å². The Balaban J connectivity index is 2.09. The summed E-state index contributed by atoms with van der Waals surface area (Å²) in [6, 6.07) is 2.89. The molecule has 0 bridgehead atoms. The molecule has 0 spiro atoms. The van der Waals surface area contributed by atoms with E-state index in [0.29, 0.717) is 43.1 Å². The predicted molar refractivity (Wildman–Crippen MR) is 114 cm³/mol. The highest BCUT2D eigenvalue weighted by molar-refractivity contribution is 7.93. The maximum atomic E-state index is 13.0. The van der Waals surface area contributed by atoms with Crippen molar-refractivity contribution in [1.82, 2.24) is 9.55 Å². The lowest BCUT2D eigenvalue weighted by molar-refractivity contribution is -0.0429. The third kappa shape index (κ3) is 4.42. The largest absolute Gasteiger partial charge is 0.516 e. The summed E-state index contributed by atoms with van der Waals surface area (Å²) in [4.78, 5) is 6.23. The number of hydrogen-bond acceptors (Lipinski definition) is 8. The molecule has 176 valence electrons. The fourth-order valence-electron chi connectivity index (χ4n) is 3.61. The lowest BCUT2D eigenvalue weighted by atomic mass is 10.1. The van der Waals surface area contributed by atoms with Crippen molar-refractivity contribution in [3.8, 4) is 0 Å². The first-order valence-corrected chi connectivity index (χ1v) is 11.5. The summed E-state index contributed by atoms with van der Waals surface area (Å²) >= 11 is 0. The van der Waals surface area contributed by atoms with Crippen LogP contribution in [0.5, 0.6) is 0 Å². The van der Waals surface area contributed by atoms with Crippen molar-refractivity contribution in [3.63, 3.8) is 0 Å². The van der Waals surface area contributed by atoms with Crippen LogP contribution in [0.4, 0.5) is 36.2 Å².